The van der Waals surface area contributed by atoms with Gasteiger partial charge < -0.3 is 11.1 Å². The van der Waals surface area contributed by atoms with Crippen LogP contribution in [0, 0.1) is 12.8 Å². The van der Waals surface area contributed by atoms with E-state index in [9.17, 15) is 0 Å². The number of rotatable bonds is 4. The lowest BCUT2D eigenvalue weighted by Gasteiger charge is -2.13. The maximum absolute atomic E-state index is 6.06. The number of aromatic nitrogens is 4. The first-order chi connectivity index (χ1) is 8.24. The molecule has 0 bridgehead atoms. The minimum atomic E-state index is 0.224. The predicted molar refractivity (Wildman–Crippen MR) is 64.7 cm³/mol. The molecule has 3 N–H and O–H groups in total. The Bertz CT molecular complexity index is 530. The number of nitrogens with two attached hydrogens (primary N) is 1. The van der Waals surface area contributed by atoms with Crippen molar-refractivity contribution in [3.8, 4) is 0 Å². The van der Waals surface area contributed by atoms with E-state index in [4.69, 9.17) is 5.73 Å². The Labute approximate surface area is 99.3 Å². The van der Waals surface area contributed by atoms with Gasteiger partial charge in [0.15, 0.2) is 0 Å². The molecule has 2 aromatic heterocycles. The lowest BCUT2D eigenvalue weighted by molar-refractivity contribution is 0.618. The van der Waals surface area contributed by atoms with E-state index < -0.39 is 0 Å². The van der Waals surface area contributed by atoms with Gasteiger partial charge in [0.05, 0.1) is 0 Å². The van der Waals surface area contributed by atoms with E-state index in [0.29, 0.717) is 11.7 Å². The SMILES string of the molecule is Cc1cc(NCC(N)C2CC2)n2ncnc2n1. The summed E-state index contributed by atoms with van der Waals surface area (Å²) in [5.74, 6) is 2.21. The van der Waals surface area contributed by atoms with Crippen LogP contribution in [0.1, 0.15) is 18.5 Å². The molecule has 0 radical (unpaired) electrons. The molecule has 1 atom stereocenters. The summed E-state index contributed by atoms with van der Waals surface area (Å²) in [7, 11) is 0. The molecule has 90 valence electrons. The first-order valence-corrected chi connectivity index (χ1v) is 5.91. The molecule has 17 heavy (non-hydrogen) atoms. The molecular formula is C11H16N6. The normalized spacial score (nSPS) is 17.3. The fourth-order valence-electron chi connectivity index (χ4n) is 1.97. The Hall–Kier alpha value is -1.69. The monoisotopic (exact) mass is 232 g/mol. The van der Waals surface area contributed by atoms with E-state index in [-0.39, 0.29) is 6.04 Å². The summed E-state index contributed by atoms with van der Waals surface area (Å²) in [6, 6.07) is 2.18. The third kappa shape index (κ3) is 2.08. The summed E-state index contributed by atoms with van der Waals surface area (Å²) >= 11 is 0. The lowest BCUT2D eigenvalue weighted by atomic mass is 10.2. The zero-order valence-electron chi connectivity index (χ0n) is 9.80. The zero-order valence-corrected chi connectivity index (χ0v) is 9.80. The Morgan fingerprint density at radius 2 is 2.41 bits per heavy atom. The number of hydrogen-bond donors (Lipinski definition) is 2. The molecule has 0 amide bonds. The Morgan fingerprint density at radius 3 is 3.18 bits per heavy atom. The van der Waals surface area contributed by atoms with Gasteiger partial charge in [0.25, 0.3) is 5.78 Å². The van der Waals surface area contributed by atoms with Gasteiger partial charge in [0, 0.05) is 24.3 Å². The maximum atomic E-state index is 6.06. The summed E-state index contributed by atoms with van der Waals surface area (Å²) in [5.41, 5.74) is 6.98. The molecule has 6 nitrogen and oxygen atoms in total. The number of fused-ring (bicyclic) bond motifs is 1. The van der Waals surface area contributed by atoms with Gasteiger partial charge >= 0.3 is 0 Å². The van der Waals surface area contributed by atoms with Crippen LogP contribution < -0.4 is 11.1 Å². The van der Waals surface area contributed by atoms with Gasteiger partial charge in [-0.15, -0.1) is 0 Å². The number of anilines is 1. The van der Waals surface area contributed by atoms with Crippen LogP contribution in [0.25, 0.3) is 5.78 Å². The summed E-state index contributed by atoms with van der Waals surface area (Å²) < 4.78 is 1.70. The lowest BCUT2D eigenvalue weighted by Crippen LogP contribution is -2.31. The topological polar surface area (TPSA) is 81.1 Å². The highest BCUT2D eigenvalue weighted by Gasteiger charge is 2.28. The second kappa shape index (κ2) is 3.96. The van der Waals surface area contributed by atoms with Gasteiger partial charge in [-0.05, 0) is 25.7 Å². The van der Waals surface area contributed by atoms with Gasteiger partial charge in [-0.25, -0.2) is 4.98 Å². The van der Waals surface area contributed by atoms with E-state index in [1.807, 2.05) is 13.0 Å². The van der Waals surface area contributed by atoms with E-state index in [1.54, 1.807) is 4.52 Å². The van der Waals surface area contributed by atoms with Crippen molar-refractivity contribution in [1.29, 1.82) is 0 Å². The van der Waals surface area contributed by atoms with Crippen LogP contribution in [-0.2, 0) is 0 Å². The van der Waals surface area contributed by atoms with Gasteiger partial charge in [-0.3, -0.25) is 0 Å². The van der Waals surface area contributed by atoms with Crippen molar-refractivity contribution < 1.29 is 0 Å². The van der Waals surface area contributed by atoms with Crippen LogP contribution in [0.4, 0.5) is 5.82 Å². The number of nitrogens with zero attached hydrogens (tertiary/aromatic N) is 4. The van der Waals surface area contributed by atoms with Gasteiger partial charge in [-0.1, -0.05) is 0 Å². The fraction of sp³-hybridized carbons (Fsp3) is 0.545. The van der Waals surface area contributed by atoms with Crippen LogP contribution in [0.15, 0.2) is 12.4 Å². The molecule has 1 fully saturated rings. The van der Waals surface area contributed by atoms with E-state index in [2.05, 4.69) is 20.4 Å². The molecule has 1 saturated carbocycles. The van der Waals surface area contributed by atoms with E-state index in [1.165, 1.54) is 19.2 Å². The molecule has 0 aliphatic heterocycles. The quantitative estimate of drug-likeness (QED) is 0.806. The van der Waals surface area contributed by atoms with E-state index in [0.717, 1.165) is 18.1 Å². The van der Waals surface area contributed by atoms with Crippen molar-refractivity contribution in [3.63, 3.8) is 0 Å². The highest BCUT2D eigenvalue weighted by atomic mass is 15.3. The van der Waals surface area contributed by atoms with Crippen LogP contribution >= 0.6 is 0 Å². The molecule has 6 heteroatoms. The van der Waals surface area contributed by atoms with Gasteiger partial charge in [0.1, 0.15) is 12.1 Å². The highest BCUT2D eigenvalue weighted by Crippen LogP contribution is 2.31. The third-order valence-corrected chi connectivity index (χ3v) is 3.13. The number of nitrogens with one attached hydrogen (secondary N) is 1. The van der Waals surface area contributed by atoms with Crippen molar-refractivity contribution in [2.45, 2.75) is 25.8 Å². The predicted octanol–water partition coefficient (Wildman–Crippen LogP) is 0.582. The van der Waals surface area contributed by atoms with Crippen molar-refractivity contribution >= 4 is 11.6 Å². The second-order valence-electron chi connectivity index (χ2n) is 4.64. The standard InChI is InChI=1S/C11H16N6/c1-7-4-10(13-5-9(12)8-2-3-8)17-11(16-7)14-6-15-17/h4,6,8-9,13H,2-3,5,12H2,1H3. The average molecular weight is 232 g/mol. The van der Waals surface area contributed by atoms with Crippen LogP contribution in [0.5, 0.6) is 0 Å². The van der Waals surface area contributed by atoms with Crippen LogP contribution in [0.2, 0.25) is 0 Å². The first-order valence-electron chi connectivity index (χ1n) is 5.91. The molecule has 0 spiro atoms. The van der Waals surface area contributed by atoms with Crippen molar-refractivity contribution in [2.75, 3.05) is 11.9 Å². The molecule has 1 unspecified atom stereocenters. The molecular weight excluding hydrogens is 216 g/mol. The Kier molecular flexibility index (Phi) is 2.44. The molecule has 2 heterocycles. The summed E-state index contributed by atoms with van der Waals surface area (Å²) in [5, 5.41) is 7.47. The number of hydrogen-bond acceptors (Lipinski definition) is 5. The second-order valence-corrected chi connectivity index (χ2v) is 4.64. The van der Waals surface area contributed by atoms with Gasteiger partial charge in [-0.2, -0.15) is 14.6 Å². The molecule has 2 aromatic rings. The summed E-state index contributed by atoms with van der Waals surface area (Å²) in [6.07, 6.45) is 4.03. The average Bonchev–Trinajstić information content (AvgIpc) is 3.05. The van der Waals surface area contributed by atoms with Crippen LogP contribution in [-0.4, -0.2) is 32.2 Å². The minimum absolute atomic E-state index is 0.224. The minimum Gasteiger partial charge on any atom is -0.368 e. The fourth-order valence-corrected chi connectivity index (χ4v) is 1.97. The largest absolute Gasteiger partial charge is 0.368 e. The molecule has 1 aliphatic carbocycles. The molecule has 0 aromatic carbocycles. The van der Waals surface area contributed by atoms with Gasteiger partial charge in [0.2, 0.25) is 0 Å². The van der Waals surface area contributed by atoms with Crippen molar-refractivity contribution in [2.24, 2.45) is 11.7 Å². The molecule has 0 saturated heterocycles. The number of aryl methyl sites for hydroxylation is 1. The van der Waals surface area contributed by atoms with Crippen molar-refractivity contribution in [1.82, 2.24) is 19.6 Å². The Morgan fingerprint density at radius 1 is 1.59 bits per heavy atom. The summed E-state index contributed by atoms with van der Waals surface area (Å²) in [6.45, 7) is 2.71. The van der Waals surface area contributed by atoms with Crippen molar-refractivity contribution in [3.05, 3.63) is 18.1 Å². The smallest absolute Gasteiger partial charge is 0.254 e. The molecule has 1 aliphatic rings. The highest BCUT2D eigenvalue weighted by molar-refractivity contribution is 5.44. The Balaban J connectivity index is 1.80. The maximum Gasteiger partial charge on any atom is 0.254 e. The van der Waals surface area contributed by atoms with Crippen LogP contribution in [0.3, 0.4) is 0 Å². The first kappa shape index (κ1) is 10.5. The molecule has 3 rings (SSSR count). The third-order valence-electron chi connectivity index (χ3n) is 3.13. The summed E-state index contributed by atoms with van der Waals surface area (Å²) in [4.78, 5) is 8.37. The van der Waals surface area contributed by atoms with E-state index >= 15 is 0 Å². The zero-order chi connectivity index (χ0) is 11.8.